The van der Waals surface area contributed by atoms with Crippen molar-refractivity contribution in [2.75, 3.05) is 19.8 Å². The van der Waals surface area contributed by atoms with Crippen LogP contribution in [0.2, 0.25) is 0 Å². The lowest BCUT2D eigenvalue weighted by atomic mass is 10.0. The largest absolute Gasteiger partial charge is 0.466 e. The molecular formula is C29H52O6. The van der Waals surface area contributed by atoms with Crippen molar-refractivity contribution >= 4 is 17.9 Å². The number of unbranched alkanes of at least 4 members (excludes halogenated alkanes) is 4. The molecule has 204 valence electrons. The van der Waals surface area contributed by atoms with E-state index in [0.717, 1.165) is 51.4 Å². The SMILES string of the molecule is CC(C)CCOC(=O)CCCCCCC=CCC(CC(=O)OCCC(C)C)C(=O)OCCC(C)C. The summed E-state index contributed by atoms with van der Waals surface area (Å²) >= 11 is 0. The molecular weight excluding hydrogens is 444 g/mol. The van der Waals surface area contributed by atoms with E-state index in [1.54, 1.807) is 0 Å². The van der Waals surface area contributed by atoms with Crippen LogP contribution in [0.25, 0.3) is 0 Å². The van der Waals surface area contributed by atoms with Crippen molar-refractivity contribution in [3.8, 4) is 0 Å². The van der Waals surface area contributed by atoms with E-state index in [4.69, 9.17) is 14.2 Å². The summed E-state index contributed by atoms with van der Waals surface area (Å²) in [6.45, 7) is 13.8. The molecule has 35 heavy (non-hydrogen) atoms. The molecule has 0 radical (unpaired) electrons. The first kappa shape index (κ1) is 33.1. The molecule has 0 saturated carbocycles. The van der Waals surface area contributed by atoms with Crippen LogP contribution < -0.4 is 0 Å². The van der Waals surface area contributed by atoms with Crippen molar-refractivity contribution in [1.82, 2.24) is 0 Å². The molecule has 0 fully saturated rings. The lowest BCUT2D eigenvalue weighted by Gasteiger charge is -2.15. The van der Waals surface area contributed by atoms with Gasteiger partial charge in [-0.15, -0.1) is 0 Å². The van der Waals surface area contributed by atoms with E-state index >= 15 is 0 Å². The van der Waals surface area contributed by atoms with Gasteiger partial charge >= 0.3 is 17.9 Å². The van der Waals surface area contributed by atoms with Gasteiger partial charge in [0.25, 0.3) is 0 Å². The van der Waals surface area contributed by atoms with Crippen molar-refractivity contribution in [3.05, 3.63) is 12.2 Å². The number of esters is 3. The Kier molecular flexibility index (Phi) is 20.3. The van der Waals surface area contributed by atoms with Crippen molar-refractivity contribution in [1.29, 1.82) is 0 Å². The number of carbonyl (C=O) groups is 3. The van der Waals surface area contributed by atoms with Gasteiger partial charge in [-0.2, -0.15) is 0 Å². The first-order valence-electron chi connectivity index (χ1n) is 13.7. The highest BCUT2D eigenvalue weighted by Crippen LogP contribution is 2.16. The highest BCUT2D eigenvalue weighted by Gasteiger charge is 2.23. The average molecular weight is 497 g/mol. The maximum Gasteiger partial charge on any atom is 0.309 e. The molecule has 0 rings (SSSR count). The van der Waals surface area contributed by atoms with Crippen molar-refractivity contribution in [2.24, 2.45) is 23.7 Å². The quantitative estimate of drug-likeness (QED) is 0.0733. The molecule has 0 N–H and O–H groups in total. The van der Waals surface area contributed by atoms with Crippen LogP contribution in [0.15, 0.2) is 12.2 Å². The molecule has 6 heteroatoms. The van der Waals surface area contributed by atoms with E-state index in [9.17, 15) is 14.4 Å². The summed E-state index contributed by atoms with van der Waals surface area (Å²) in [4.78, 5) is 36.4. The minimum Gasteiger partial charge on any atom is -0.466 e. The third-order valence-electron chi connectivity index (χ3n) is 5.69. The van der Waals surface area contributed by atoms with Crippen LogP contribution in [-0.2, 0) is 28.6 Å². The van der Waals surface area contributed by atoms with E-state index in [0.29, 0.717) is 50.4 Å². The Bertz CT molecular complexity index is 594. The zero-order valence-electron chi connectivity index (χ0n) is 23.3. The van der Waals surface area contributed by atoms with Crippen LogP contribution in [0.5, 0.6) is 0 Å². The van der Waals surface area contributed by atoms with Gasteiger partial charge in [0, 0.05) is 6.42 Å². The van der Waals surface area contributed by atoms with Crippen LogP contribution in [0, 0.1) is 23.7 Å². The molecule has 0 spiro atoms. The van der Waals surface area contributed by atoms with E-state index in [-0.39, 0.29) is 24.3 Å². The van der Waals surface area contributed by atoms with E-state index < -0.39 is 5.92 Å². The summed E-state index contributed by atoms with van der Waals surface area (Å²) in [5.74, 6) is 0.198. The second-order valence-electron chi connectivity index (χ2n) is 10.7. The Labute approximate surface area is 214 Å². The second-order valence-corrected chi connectivity index (χ2v) is 10.7. The first-order chi connectivity index (χ1) is 16.6. The predicted octanol–water partition coefficient (Wildman–Crippen LogP) is 7.05. The third kappa shape index (κ3) is 22.4. The smallest absolute Gasteiger partial charge is 0.309 e. The lowest BCUT2D eigenvalue weighted by Crippen LogP contribution is -2.23. The standard InChI is InChI=1S/C29H52O6/c1-23(2)16-19-33-27(30)15-13-11-9-7-8-10-12-14-26(29(32)35-21-18-25(5)6)22-28(31)34-20-17-24(3)4/h10,12,23-26H,7-9,11,13-22H2,1-6H3. The number of hydrogen-bond donors (Lipinski definition) is 0. The van der Waals surface area contributed by atoms with Gasteiger partial charge in [-0.1, -0.05) is 66.5 Å². The molecule has 0 heterocycles. The first-order valence-corrected chi connectivity index (χ1v) is 13.7. The molecule has 0 bridgehead atoms. The molecule has 0 aliphatic carbocycles. The average Bonchev–Trinajstić information content (AvgIpc) is 2.76. The molecule has 0 aromatic rings. The van der Waals surface area contributed by atoms with Gasteiger partial charge in [-0.05, 0) is 62.7 Å². The maximum atomic E-state index is 12.5. The minimum atomic E-state index is -0.508. The number of ether oxygens (including phenoxy) is 3. The summed E-state index contributed by atoms with van der Waals surface area (Å²) in [6, 6.07) is 0. The summed E-state index contributed by atoms with van der Waals surface area (Å²) < 4.78 is 16.0. The van der Waals surface area contributed by atoms with Crippen molar-refractivity contribution in [2.45, 2.75) is 112 Å². The lowest BCUT2D eigenvalue weighted by molar-refractivity contribution is -0.155. The monoisotopic (exact) mass is 496 g/mol. The van der Waals surface area contributed by atoms with Gasteiger partial charge in [-0.25, -0.2) is 0 Å². The van der Waals surface area contributed by atoms with Crippen LogP contribution in [0.3, 0.4) is 0 Å². The molecule has 0 aliphatic rings. The number of allylic oxidation sites excluding steroid dienone is 2. The van der Waals surface area contributed by atoms with E-state index in [1.165, 1.54) is 0 Å². The normalized spacial score (nSPS) is 12.5. The summed E-state index contributed by atoms with van der Waals surface area (Å²) in [6.07, 6.45) is 12.4. The highest BCUT2D eigenvalue weighted by atomic mass is 16.5. The van der Waals surface area contributed by atoms with E-state index in [1.807, 2.05) is 6.08 Å². The summed E-state index contributed by atoms with van der Waals surface area (Å²) in [5.41, 5.74) is 0. The highest BCUT2D eigenvalue weighted by molar-refractivity contribution is 5.80. The second kappa shape index (κ2) is 21.4. The molecule has 1 unspecified atom stereocenters. The fraction of sp³-hybridized carbons (Fsp3) is 0.828. The van der Waals surface area contributed by atoms with Crippen molar-refractivity contribution in [3.63, 3.8) is 0 Å². The summed E-state index contributed by atoms with van der Waals surface area (Å²) in [5, 5.41) is 0. The Morgan fingerprint density at radius 3 is 1.71 bits per heavy atom. The van der Waals surface area contributed by atoms with Crippen LogP contribution in [0.1, 0.15) is 112 Å². The number of hydrogen-bond acceptors (Lipinski definition) is 6. The third-order valence-corrected chi connectivity index (χ3v) is 5.69. The topological polar surface area (TPSA) is 78.9 Å². The van der Waals surface area contributed by atoms with Crippen LogP contribution in [-0.4, -0.2) is 37.7 Å². The van der Waals surface area contributed by atoms with Gasteiger partial charge in [0.1, 0.15) is 0 Å². The van der Waals surface area contributed by atoms with Gasteiger partial charge in [0.15, 0.2) is 0 Å². The van der Waals surface area contributed by atoms with E-state index in [2.05, 4.69) is 47.6 Å². The molecule has 6 nitrogen and oxygen atoms in total. The van der Waals surface area contributed by atoms with Crippen LogP contribution in [0.4, 0.5) is 0 Å². The Hall–Kier alpha value is -1.85. The minimum absolute atomic E-state index is 0.0518. The zero-order chi connectivity index (χ0) is 26.5. The number of rotatable bonds is 21. The summed E-state index contributed by atoms with van der Waals surface area (Å²) in [7, 11) is 0. The molecule has 0 aliphatic heterocycles. The maximum absolute atomic E-state index is 12.5. The molecule has 0 saturated heterocycles. The van der Waals surface area contributed by atoms with Gasteiger partial charge in [-0.3, -0.25) is 14.4 Å². The molecule has 0 aromatic heterocycles. The zero-order valence-corrected chi connectivity index (χ0v) is 23.3. The molecule has 0 aromatic carbocycles. The van der Waals surface area contributed by atoms with Crippen molar-refractivity contribution < 1.29 is 28.6 Å². The predicted molar refractivity (Wildman–Crippen MR) is 141 cm³/mol. The van der Waals surface area contributed by atoms with Gasteiger partial charge in [0.2, 0.25) is 0 Å². The fourth-order valence-electron chi connectivity index (χ4n) is 3.19. The molecule has 0 amide bonds. The Balaban J connectivity index is 4.24. The van der Waals surface area contributed by atoms with Gasteiger partial charge in [0.05, 0.1) is 32.2 Å². The Morgan fingerprint density at radius 1 is 0.629 bits per heavy atom. The number of carbonyl (C=O) groups excluding carboxylic acids is 3. The molecule has 1 atom stereocenters. The Morgan fingerprint density at radius 2 is 1.14 bits per heavy atom. The fourth-order valence-corrected chi connectivity index (χ4v) is 3.19. The van der Waals surface area contributed by atoms with Crippen LogP contribution >= 0.6 is 0 Å². The van der Waals surface area contributed by atoms with Gasteiger partial charge < -0.3 is 14.2 Å².